The number of nitrogens with zero attached hydrogens (tertiary/aromatic N) is 4. The van der Waals surface area contributed by atoms with E-state index in [2.05, 4.69) is 20.6 Å². The maximum atomic E-state index is 14.0. The number of carbonyl (C=O) groups excluding carboxylic acids is 2. The number of hydrazine groups is 1. The first-order valence-electron chi connectivity index (χ1n) is 13.5. The van der Waals surface area contributed by atoms with Gasteiger partial charge in [-0.25, -0.2) is 15.4 Å². The molecule has 0 aliphatic carbocycles. The van der Waals surface area contributed by atoms with Crippen LogP contribution in [0.25, 0.3) is 10.2 Å². The Hall–Kier alpha value is -3.61. The summed E-state index contributed by atoms with van der Waals surface area (Å²) in [7, 11) is 0. The Bertz CT molecular complexity index is 1630. The number of hydrogen-bond acceptors (Lipinski definition) is 8. The van der Waals surface area contributed by atoms with Crippen LogP contribution in [0.4, 0.5) is 10.8 Å². The number of benzene rings is 2. The van der Waals surface area contributed by atoms with Crippen LogP contribution in [0, 0.1) is 6.92 Å². The maximum absolute atomic E-state index is 14.0. The van der Waals surface area contributed by atoms with Gasteiger partial charge in [0.2, 0.25) is 11.0 Å². The standard InChI is InChI=1S/C29H29ClN6O4S/c1-18-25-21(17-24(37)35(18)12-4-11-34-13-15-40-16-14-34)26(27(38)31-20-9-7-19(30)8-10-20)33-36(28(25)39)29-32-22-5-2-3-6-23(22)41-29/h2-3,5-10,17,26,33H,4,11-16H2,1H3,(H,31,38). The number of halogens is 1. The molecule has 0 bridgehead atoms. The molecule has 6 rings (SSSR count). The Morgan fingerprint density at radius 3 is 2.63 bits per heavy atom. The van der Waals surface area contributed by atoms with Crippen molar-refractivity contribution in [2.24, 2.45) is 0 Å². The Kier molecular flexibility index (Phi) is 7.87. The van der Waals surface area contributed by atoms with Crippen LogP contribution in [0.1, 0.15) is 34.1 Å². The zero-order chi connectivity index (χ0) is 28.5. The van der Waals surface area contributed by atoms with Crippen LogP contribution in [0.3, 0.4) is 0 Å². The molecule has 0 spiro atoms. The molecule has 12 heteroatoms. The zero-order valence-electron chi connectivity index (χ0n) is 22.4. The fourth-order valence-corrected chi connectivity index (χ4v) is 6.33. The number of morpholine rings is 1. The predicted molar refractivity (Wildman–Crippen MR) is 160 cm³/mol. The molecular formula is C29H29ClN6O4S. The molecular weight excluding hydrogens is 564 g/mol. The molecule has 1 fully saturated rings. The van der Waals surface area contributed by atoms with Crippen molar-refractivity contribution < 1.29 is 14.3 Å². The van der Waals surface area contributed by atoms with Crippen molar-refractivity contribution in [2.45, 2.75) is 25.9 Å². The van der Waals surface area contributed by atoms with Gasteiger partial charge < -0.3 is 14.6 Å². The van der Waals surface area contributed by atoms with Gasteiger partial charge in [0, 0.05) is 54.2 Å². The lowest BCUT2D eigenvalue weighted by atomic mass is 9.96. The normalized spacial score (nSPS) is 17.6. The number of fused-ring (bicyclic) bond motifs is 2. The molecule has 2 aromatic heterocycles. The van der Waals surface area contributed by atoms with Crippen LogP contribution in [0.5, 0.6) is 0 Å². The summed E-state index contributed by atoms with van der Waals surface area (Å²) in [5.74, 6) is -0.787. The number of rotatable bonds is 7. The molecule has 4 aromatic rings. The minimum absolute atomic E-state index is 0.254. The molecule has 2 aliphatic rings. The predicted octanol–water partition coefficient (Wildman–Crippen LogP) is 3.99. The molecule has 10 nitrogen and oxygen atoms in total. The average Bonchev–Trinajstić information content (AvgIpc) is 3.40. The fraction of sp³-hybridized carbons (Fsp3) is 0.310. The Morgan fingerprint density at radius 2 is 1.88 bits per heavy atom. The van der Waals surface area contributed by atoms with Crippen molar-refractivity contribution in [3.63, 3.8) is 0 Å². The quantitative estimate of drug-likeness (QED) is 0.334. The van der Waals surface area contributed by atoms with Gasteiger partial charge in [-0.05, 0) is 49.7 Å². The summed E-state index contributed by atoms with van der Waals surface area (Å²) in [5, 5.41) is 5.16. The number of hydrogen-bond donors (Lipinski definition) is 2. The lowest BCUT2D eigenvalue weighted by molar-refractivity contribution is -0.118. The van der Waals surface area contributed by atoms with Gasteiger partial charge in [0.1, 0.15) is 6.04 Å². The summed E-state index contributed by atoms with van der Waals surface area (Å²) in [6.45, 7) is 6.20. The highest BCUT2D eigenvalue weighted by Gasteiger charge is 2.39. The monoisotopic (exact) mass is 592 g/mol. The summed E-state index contributed by atoms with van der Waals surface area (Å²) in [6.07, 6.45) is 0.744. The van der Waals surface area contributed by atoms with E-state index in [1.807, 2.05) is 24.3 Å². The number of carbonyl (C=O) groups is 2. The summed E-state index contributed by atoms with van der Waals surface area (Å²) >= 11 is 7.36. The highest BCUT2D eigenvalue weighted by molar-refractivity contribution is 7.22. The fourth-order valence-electron chi connectivity index (χ4n) is 5.27. The number of pyridine rings is 1. The number of amides is 2. The summed E-state index contributed by atoms with van der Waals surface area (Å²) < 4.78 is 7.97. The van der Waals surface area contributed by atoms with Crippen LogP contribution >= 0.6 is 22.9 Å². The van der Waals surface area contributed by atoms with Gasteiger partial charge in [0.15, 0.2) is 0 Å². The van der Waals surface area contributed by atoms with Crippen LogP contribution in [0.15, 0.2) is 59.4 Å². The lowest BCUT2D eigenvalue weighted by Gasteiger charge is -2.34. The Morgan fingerprint density at radius 1 is 1.12 bits per heavy atom. The molecule has 41 heavy (non-hydrogen) atoms. The number of anilines is 2. The Labute approximate surface area is 245 Å². The zero-order valence-corrected chi connectivity index (χ0v) is 24.0. The van der Waals surface area contributed by atoms with E-state index in [0.717, 1.165) is 36.3 Å². The van der Waals surface area contributed by atoms with Gasteiger partial charge in [-0.3, -0.25) is 19.3 Å². The van der Waals surface area contributed by atoms with Crippen molar-refractivity contribution in [1.29, 1.82) is 0 Å². The minimum atomic E-state index is -1.01. The van der Waals surface area contributed by atoms with Crippen molar-refractivity contribution in [2.75, 3.05) is 43.2 Å². The number of ether oxygens (including phenoxy) is 1. The van der Waals surface area contributed by atoms with Crippen LogP contribution < -0.4 is 21.3 Å². The van der Waals surface area contributed by atoms with Crippen molar-refractivity contribution in [3.05, 3.63) is 86.8 Å². The summed E-state index contributed by atoms with van der Waals surface area (Å²) in [5.41, 5.74) is 5.28. The van der Waals surface area contributed by atoms with Gasteiger partial charge in [0.25, 0.3) is 11.5 Å². The molecule has 1 saturated heterocycles. The molecule has 2 N–H and O–H groups in total. The first-order chi connectivity index (χ1) is 19.9. The smallest absolute Gasteiger partial charge is 0.276 e. The number of thiazole rings is 1. The van der Waals surface area contributed by atoms with Gasteiger partial charge in [-0.15, -0.1) is 0 Å². The highest BCUT2D eigenvalue weighted by atomic mass is 35.5. The lowest BCUT2D eigenvalue weighted by Crippen LogP contribution is -2.54. The molecule has 0 radical (unpaired) electrons. The second-order valence-corrected chi connectivity index (χ2v) is 11.5. The molecule has 1 atom stereocenters. The van der Waals surface area contributed by atoms with Gasteiger partial charge >= 0.3 is 0 Å². The van der Waals surface area contributed by atoms with Gasteiger partial charge in [-0.2, -0.15) is 0 Å². The van der Waals surface area contributed by atoms with Crippen LogP contribution in [0.2, 0.25) is 5.02 Å². The number of nitrogens with one attached hydrogen (secondary N) is 2. The van der Waals surface area contributed by atoms with Crippen molar-refractivity contribution >= 4 is 55.8 Å². The van der Waals surface area contributed by atoms with E-state index in [-0.39, 0.29) is 11.5 Å². The van der Waals surface area contributed by atoms with E-state index < -0.39 is 11.9 Å². The van der Waals surface area contributed by atoms with E-state index in [1.54, 1.807) is 35.8 Å². The third-order valence-electron chi connectivity index (χ3n) is 7.39. The summed E-state index contributed by atoms with van der Waals surface area (Å²) in [4.78, 5) is 48.0. The third-order valence-corrected chi connectivity index (χ3v) is 8.67. The molecule has 0 saturated carbocycles. The van der Waals surface area contributed by atoms with E-state index in [1.165, 1.54) is 22.4 Å². The van der Waals surface area contributed by atoms with Crippen molar-refractivity contribution in [3.8, 4) is 0 Å². The van der Waals surface area contributed by atoms with Crippen LogP contribution in [-0.4, -0.2) is 59.1 Å². The first kappa shape index (κ1) is 27.6. The summed E-state index contributed by atoms with van der Waals surface area (Å²) in [6, 6.07) is 14.7. The van der Waals surface area contributed by atoms with Crippen molar-refractivity contribution in [1.82, 2.24) is 19.9 Å². The minimum Gasteiger partial charge on any atom is -0.379 e. The van der Waals surface area contributed by atoms with E-state index in [0.29, 0.717) is 52.4 Å². The maximum Gasteiger partial charge on any atom is 0.276 e. The average molecular weight is 593 g/mol. The number of para-hydroxylation sites is 1. The number of aromatic nitrogens is 2. The molecule has 2 aromatic carbocycles. The van der Waals surface area contributed by atoms with Gasteiger partial charge in [-0.1, -0.05) is 35.1 Å². The molecule has 1 unspecified atom stereocenters. The SMILES string of the molecule is Cc1c2c(cc(=O)n1CCCN1CCOCC1)C(C(=O)Nc1ccc(Cl)cc1)NN(c1nc3ccccc3s1)C2=O. The molecule has 2 amide bonds. The van der Waals surface area contributed by atoms with E-state index in [4.69, 9.17) is 16.3 Å². The molecule has 2 aliphatic heterocycles. The van der Waals surface area contributed by atoms with E-state index in [9.17, 15) is 14.4 Å². The van der Waals surface area contributed by atoms with Gasteiger partial charge in [0.05, 0.1) is 29.0 Å². The molecule has 212 valence electrons. The third kappa shape index (κ3) is 5.64. The second kappa shape index (κ2) is 11.7. The first-order valence-corrected chi connectivity index (χ1v) is 14.7. The van der Waals surface area contributed by atoms with Crippen LogP contribution in [-0.2, 0) is 16.1 Å². The second-order valence-electron chi connectivity index (χ2n) is 10.0. The topological polar surface area (TPSA) is 109 Å². The van der Waals surface area contributed by atoms with E-state index >= 15 is 0 Å². The highest BCUT2D eigenvalue weighted by Crippen LogP contribution is 2.34. The Balaban J connectivity index is 1.36. The molecule has 4 heterocycles. The largest absolute Gasteiger partial charge is 0.379 e.